The number of ether oxygens (including phenoxy) is 2. The standard InChI is InChI=1S/C20H22FNO3/c1-13(2)19-16(6-5-11-23)18(14-7-9-15(21)10-8-14)17(12-24-3)20(22-19)25-4/h5-11,13H,12H2,1-4H3. The number of hydrogen-bond donors (Lipinski definition) is 0. The van der Waals surface area contributed by atoms with Gasteiger partial charge in [-0.2, -0.15) is 0 Å². The molecule has 0 aliphatic heterocycles. The molecule has 0 spiro atoms. The number of hydrogen-bond acceptors (Lipinski definition) is 4. The summed E-state index contributed by atoms with van der Waals surface area (Å²) in [4.78, 5) is 15.5. The van der Waals surface area contributed by atoms with Crippen LogP contribution in [0.1, 0.15) is 36.6 Å². The highest BCUT2D eigenvalue weighted by Gasteiger charge is 2.21. The minimum atomic E-state index is -0.313. The Labute approximate surface area is 147 Å². The van der Waals surface area contributed by atoms with Gasteiger partial charge in [0.25, 0.3) is 0 Å². The zero-order valence-corrected chi connectivity index (χ0v) is 14.9. The van der Waals surface area contributed by atoms with Crippen LogP contribution in [-0.4, -0.2) is 25.5 Å². The van der Waals surface area contributed by atoms with E-state index >= 15 is 0 Å². The van der Waals surface area contributed by atoms with Gasteiger partial charge < -0.3 is 9.47 Å². The van der Waals surface area contributed by atoms with Gasteiger partial charge in [0.2, 0.25) is 5.88 Å². The molecule has 1 aromatic heterocycles. The van der Waals surface area contributed by atoms with Crippen molar-refractivity contribution in [1.29, 1.82) is 0 Å². The maximum Gasteiger partial charge on any atom is 0.219 e. The van der Waals surface area contributed by atoms with Crippen LogP contribution in [-0.2, 0) is 16.1 Å². The third-order valence-corrected chi connectivity index (χ3v) is 3.83. The number of halogens is 1. The Bertz CT molecular complexity index is 768. The first kappa shape index (κ1) is 18.8. The molecule has 0 radical (unpaired) electrons. The van der Waals surface area contributed by atoms with E-state index in [0.717, 1.165) is 34.2 Å². The van der Waals surface area contributed by atoms with Crippen molar-refractivity contribution in [3.8, 4) is 17.0 Å². The number of allylic oxidation sites excluding steroid dienone is 1. The van der Waals surface area contributed by atoms with Crippen molar-refractivity contribution in [2.45, 2.75) is 26.4 Å². The number of nitrogens with zero attached hydrogens (tertiary/aromatic N) is 1. The number of aldehydes is 1. The summed E-state index contributed by atoms with van der Waals surface area (Å²) in [7, 11) is 3.14. The smallest absolute Gasteiger partial charge is 0.219 e. The Morgan fingerprint density at radius 2 is 1.88 bits per heavy atom. The van der Waals surface area contributed by atoms with Gasteiger partial charge >= 0.3 is 0 Å². The number of carbonyl (C=O) groups excluding carboxylic acids is 1. The molecule has 1 aromatic carbocycles. The van der Waals surface area contributed by atoms with Crippen LogP contribution in [0.5, 0.6) is 5.88 Å². The van der Waals surface area contributed by atoms with Crippen molar-refractivity contribution >= 4 is 12.4 Å². The predicted octanol–water partition coefficient (Wildman–Crippen LogP) is 4.38. The first-order valence-electron chi connectivity index (χ1n) is 8.00. The molecule has 0 aliphatic carbocycles. The molecule has 0 unspecified atom stereocenters. The second-order valence-electron chi connectivity index (χ2n) is 5.86. The van der Waals surface area contributed by atoms with Crippen LogP contribution < -0.4 is 4.74 Å². The highest BCUT2D eigenvalue weighted by molar-refractivity contribution is 5.84. The highest BCUT2D eigenvalue weighted by Crippen LogP contribution is 2.38. The zero-order valence-electron chi connectivity index (χ0n) is 14.9. The molecule has 0 fully saturated rings. The molecular weight excluding hydrogens is 321 g/mol. The number of benzene rings is 1. The first-order chi connectivity index (χ1) is 12.0. The van der Waals surface area contributed by atoms with E-state index in [9.17, 15) is 9.18 Å². The number of aromatic nitrogens is 1. The average Bonchev–Trinajstić information content (AvgIpc) is 2.60. The Morgan fingerprint density at radius 3 is 2.40 bits per heavy atom. The van der Waals surface area contributed by atoms with Crippen LogP contribution in [0.25, 0.3) is 17.2 Å². The maximum atomic E-state index is 13.4. The molecule has 5 heteroatoms. The van der Waals surface area contributed by atoms with Crippen LogP contribution in [0.2, 0.25) is 0 Å². The van der Waals surface area contributed by atoms with Crippen LogP contribution in [0.4, 0.5) is 4.39 Å². The molecule has 4 nitrogen and oxygen atoms in total. The van der Waals surface area contributed by atoms with Crippen LogP contribution in [0.15, 0.2) is 30.3 Å². The summed E-state index contributed by atoms with van der Waals surface area (Å²) in [5, 5.41) is 0. The molecule has 2 rings (SSSR count). The van der Waals surface area contributed by atoms with Crippen molar-refractivity contribution in [3.63, 3.8) is 0 Å². The molecule has 132 valence electrons. The fourth-order valence-electron chi connectivity index (χ4n) is 2.77. The Kier molecular flexibility index (Phi) is 6.42. The molecule has 0 bridgehead atoms. The van der Waals surface area contributed by atoms with Crippen molar-refractivity contribution < 1.29 is 18.7 Å². The van der Waals surface area contributed by atoms with Crippen molar-refractivity contribution in [3.05, 3.63) is 53.0 Å². The van der Waals surface area contributed by atoms with Crippen LogP contribution in [0, 0.1) is 5.82 Å². The number of pyridine rings is 1. The van der Waals surface area contributed by atoms with Gasteiger partial charge in [0.15, 0.2) is 0 Å². The highest BCUT2D eigenvalue weighted by atomic mass is 19.1. The van der Waals surface area contributed by atoms with E-state index in [1.807, 2.05) is 13.8 Å². The third-order valence-electron chi connectivity index (χ3n) is 3.83. The predicted molar refractivity (Wildman–Crippen MR) is 96.1 cm³/mol. The Hall–Kier alpha value is -2.53. The van der Waals surface area contributed by atoms with Gasteiger partial charge in [-0.1, -0.05) is 26.0 Å². The summed E-state index contributed by atoms with van der Waals surface area (Å²) < 4.78 is 24.2. The van der Waals surface area contributed by atoms with Gasteiger partial charge in [-0.3, -0.25) is 4.79 Å². The summed E-state index contributed by atoms with van der Waals surface area (Å²) in [6.45, 7) is 4.32. The molecule has 1 heterocycles. The van der Waals surface area contributed by atoms with E-state index in [4.69, 9.17) is 9.47 Å². The van der Waals surface area contributed by atoms with Gasteiger partial charge in [0.1, 0.15) is 12.1 Å². The lowest BCUT2D eigenvalue weighted by Crippen LogP contribution is -2.08. The average molecular weight is 343 g/mol. The van der Waals surface area contributed by atoms with Gasteiger partial charge in [-0.05, 0) is 35.8 Å². The maximum absolute atomic E-state index is 13.4. The quantitative estimate of drug-likeness (QED) is 0.553. The molecule has 0 N–H and O–H groups in total. The summed E-state index contributed by atoms with van der Waals surface area (Å²) in [5.41, 5.74) is 4.00. The number of methoxy groups -OCH3 is 2. The molecular formula is C20H22FNO3. The Morgan fingerprint density at radius 1 is 1.20 bits per heavy atom. The lowest BCUT2D eigenvalue weighted by molar-refractivity contribution is -0.104. The lowest BCUT2D eigenvalue weighted by Gasteiger charge is -2.20. The summed E-state index contributed by atoms with van der Waals surface area (Å²) in [5.74, 6) is 0.260. The zero-order chi connectivity index (χ0) is 18.4. The summed E-state index contributed by atoms with van der Waals surface area (Å²) in [6, 6.07) is 6.21. The molecule has 0 atom stereocenters. The normalized spacial score (nSPS) is 11.3. The van der Waals surface area contributed by atoms with Crippen LogP contribution in [0.3, 0.4) is 0 Å². The van der Waals surface area contributed by atoms with E-state index in [1.54, 1.807) is 32.4 Å². The van der Waals surface area contributed by atoms with Gasteiger partial charge in [0.05, 0.1) is 19.4 Å². The molecule has 25 heavy (non-hydrogen) atoms. The fourth-order valence-corrected chi connectivity index (χ4v) is 2.77. The monoisotopic (exact) mass is 343 g/mol. The van der Waals surface area contributed by atoms with Gasteiger partial charge in [0, 0.05) is 23.8 Å². The second kappa shape index (κ2) is 8.53. The minimum absolute atomic E-state index is 0.107. The fraction of sp³-hybridized carbons (Fsp3) is 0.300. The molecule has 0 aliphatic rings. The Balaban J connectivity index is 2.89. The summed E-state index contributed by atoms with van der Waals surface area (Å²) >= 11 is 0. The van der Waals surface area contributed by atoms with Gasteiger partial charge in [-0.15, -0.1) is 0 Å². The first-order valence-corrected chi connectivity index (χ1v) is 8.00. The lowest BCUT2D eigenvalue weighted by atomic mass is 9.90. The van der Waals surface area contributed by atoms with E-state index < -0.39 is 0 Å². The largest absolute Gasteiger partial charge is 0.481 e. The molecule has 0 amide bonds. The van der Waals surface area contributed by atoms with E-state index in [2.05, 4.69) is 4.98 Å². The molecule has 0 saturated heterocycles. The van der Waals surface area contributed by atoms with E-state index in [1.165, 1.54) is 18.2 Å². The van der Waals surface area contributed by atoms with Crippen molar-refractivity contribution in [1.82, 2.24) is 4.98 Å². The van der Waals surface area contributed by atoms with E-state index in [0.29, 0.717) is 5.88 Å². The number of rotatable bonds is 7. The van der Waals surface area contributed by atoms with Crippen molar-refractivity contribution in [2.24, 2.45) is 0 Å². The molecule has 0 saturated carbocycles. The second-order valence-corrected chi connectivity index (χ2v) is 5.86. The topological polar surface area (TPSA) is 48.4 Å². The SMILES string of the molecule is COCc1c(OC)nc(C(C)C)c(C=CC=O)c1-c1ccc(F)cc1. The van der Waals surface area contributed by atoms with E-state index in [-0.39, 0.29) is 18.3 Å². The molecule has 2 aromatic rings. The van der Waals surface area contributed by atoms with Crippen molar-refractivity contribution in [2.75, 3.05) is 14.2 Å². The van der Waals surface area contributed by atoms with Crippen LogP contribution >= 0.6 is 0 Å². The minimum Gasteiger partial charge on any atom is -0.481 e. The van der Waals surface area contributed by atoms with Gasteiger partial charge in [-0.25, -0.2) is 9.37 Å². The third kappa shape index (κ3) is 4.12. The number of carbonyl (C=O) groups is 1. The summed E-state index contributed by atoms with van der Waals surface area (Å²) in [6.07, 6.45) is 3.88.